The van der Waals surface area contributed by atoms with Crippen molar-refractivity contribution in [3.8, 4) is 0 Å². The van der Waals surface area contributed by atoms with Crippen molar-refractivity contribution in [1.29, 1.82) is 0 Å². The summed E-state index contributed by atoms with van der Waals surface area (Å²) in [4.78, 5) is 3.11. The molecule has 1 aromatic heterocycles. The Morgan fingerprint density at radius 3 is 2.92 bits per heavy atom. The highest BCUT2D eigenvalue weighted by Gasteiger charge is 2.21. The van der Waals surface area contributed by atoms with Crippen molar-refractivity contribution in [2.75, 3.05) is 7.05 Å². The Hall–Kier alpha value is -0.0700. The van der Waals surface area contributed by atoms with Gasteiger partial charge in [0.25, 0.3) is 6.43 Å². The van der Waals surface area contributed by atoms with Crippen LogP contribution in [0.1, 0.15) is 15.5 Å². The van der Waals surface area contributed by atoms with E-state index < -0.39 is 11.3 Å². The highest BCUT2D eigenvalue weighted by molar-refractivity contribution is 9.09. The molecule has 6 heteroatoms. The second-order valence-electron chi connectivity index (χ2n) is 2.44. The maximum Gasteiger partial charge on any atom is 0.257 e. The zero-order chi connectivity index (χ0) is 9.84. The summed E-state index contributed by atoms with van der Waals surface area (Å²) >= 11 is 4.14. The Kier molecular flexibility index (Phi) is 4.21. The second-order valence-corrected chi connectivity index (χ2v) is 4.32. The molecular weight excluding hydrogens is 262 g/mol. The molecule has 1 unspecified atom stereocenters. The Bertz CT molecular complexity index is 267. The molecule has 2 nitrogen and oxygen atoms in total. The third-order valence-electron chi connectivity index (χ3n) is 1.38. The maximum atomic E-state index is 12.2. The first-order valence-electron chi connectivity index (χ1n) is 3.66. The summed E-state index contributed by atoms with van der Waals surface area (Å²) in [5, 5.41) is 5.12. The van der Waals surface area contributed by atoms with Crippen LogP contribution in [-0.4, -0.2) is 18.5 Å². The lowest BCUT2D eigenvalue weighted by Gasteiger charge is -2.02. The number of thiazole rings is 1. The van der Waals surface area contributed by atoms with Crippen molar-refractivity contribution in [3.05, 3.63) is 16.1 Å². The van der Waals surface area contributed by atoms with Crippen LogP contribution in [0.25, 0.3) is 0 Å². The van der Waals surface area contributed by atoms with E-state index in [-0.39, 0.29) is 0 Å². The van der Waals surface area contributed by atoms with Crippen molar-refractivity contribution in [2.45, 2.75) is 17.8 Å². The molecule has 0 aliphatic carbocycles. The number of nitrogens with one attached hydrogen (secondary N) is 1. The number of hydrogen-bond acceptors (Lipinski definition) is 3. The smallest absolute Gasteiger partial charge is 0.257 e. The average molecular weight is 271 g/mol. The largest absolute Gasteiger partial charge is 0.314 e. The lowest BCUT2D eigenvalue weighted by Crippen LogP contribution is -2.06. The molecule has 0 radical (unpaired) electrons. The van der Waals surface area contributed by atoms with Crippen LogP contribution in [0, 0.1) is 0 Å². The predicted molar refractivity (Wildman–Crippen MR) is 52.5 cm³/mol. The van der Waals surface area contributed by atoms with Crippen LogP contribution < -0.4 is 5.32 Å². The van der Waals surface area contributed by atoms with Crippen LogP contribution in [0.2, 0.25) is 0 Å². The van der Waals surface area contributed by atoms with Crippen molar-refractivity contribution >= 4 is 27.3 Å². The van der Waals surface area contributed by atoms with Gasteiger partial charge < -0.3 is 5.32 Å². The van der Waals surface area contributed by atoms with Gasteiger partial charge in [0.2, 0.25) is 0 Å². The average Bonchev–Trinajstić information content (AvgIpc) is 2.52. The van der Waals surface area contributed by atoms with Crippen LogP contribution in [-0.2, 0) is 6.54 Å². The number of hydrogen-bond donors (Lipinski definition) is 1. The summed E-state index contributed by atoms with van der Waals surface area (Å²) in [5.41, 5.74) is 0.799. The zero-order valence-electron chi connectivity index (χ0n) is 6.93. The fraction of sp³-hybridized carbons (Fsp3) is 0.571. The molecule has 0 amide bonds. The van der Waals surface area contributed by atoms with Gasteiger partial charge in [-0.05, 0) is 7.05 Å². The minimum Gasteiger partial charge on any atom is -0.314 e. The zero-order valence-corrected chi connectivity index (χ0v) is 9.33. The Balaban J connectivity index is 2.67. The molecule has 0 bridgehead atoms. The lowest BCUT2D eigenvalue weighted by molar-refractivity contribution is 0.147. The molecule has 0 saturated heterocycles. The van der Waals surface area contributed by atoms with E-state index in [1.807, 2.05) is 0 Å². The molecule has 1 heterocycles. The predicted octanol–water partition coefficient (Wildman–Crippen LogP) is 2.56. The van der Waals surface area contributed by atoms with E-state index in [4.69, 9.17) is 0 Å². The molecule has 0 fully saturated rings. The molecule has 0 aliphatic rings. The molecule has 1 rings (SSSR count). The van der Waals surface area contributed by atoms with E-state index in [2.05, 4.69) is 26.2 Å². The van der Waals surface area contributed by atoms with Gasteiger partial charge in [-0.2, -0.15) is 0 Å². The van der Waals surface area contributed by atoms with Gasteiger partial charge in [0.1, 0.15) is 9.83 Å². The van der Waals surface area contributed by atoms with Gasteiger partial charge in [-0.25, -0.2) is 13.8 Å². The Morgan fingerprint density at radius 1 is 1.69 bits per heavy atom. The molecule has 1 aromatic rings. The van der Waals surface area contributed by atoms with E-state index in [1.165, 1.54) is 11.3 Å². The Morgan fingerprint density at radius 2 is 2.38 bits per heavy atom. The normalized spacial score (nSPS) is 13.6. The highest BCUT2D eigenvalue weighted by atomic mass is 79.9. The summed E-state index contributed by atoms with van der Waals surface area (Å²) in [6, 6.07) is 0. The topological polar surface area (TPSA) is 24.9 Å². The van der Waals surface area contributed by atoms with Crippen molar-refractivity contribution < 1.29 is 8.78 Å². The van der Waals surface area contributed by atoms with E-state index in [0.717, 1.165) is 5.69 Å². The first-order valence-corrected chi connectivity index (χ1v) is 5.45. The molecule has 0 spiro atoms. The van der Waals surface area contributed by atoms with Gasteiger partial charge in [0.15, 0.2) is 0 Å². The fourth-order valence-corrected chi connectivity index (χ4v) is 2.04. The van der Waals surface area contributed by atoms with Crippen LogP contribution >= 0.6 is 27.3 Å². The van der Waals surface area contributed by atoms with Gasteiger partial charge in [0.05, 0.1) is 5.69 Å². The van der Waals surface area contributed by atoms with E-state index in [1.54, 1.807) is 12.4 Å². The van der Waals surface area contributed by atoms with Crippen molar-refractivity contribution in [3.63, 3.8) is 0 Å². The van der Waals surface area contributed by atoms with Gasteiger partial charge in [-0.15, -0.1) is 11.3 Å². The summed E-state index contributed by atoms with van der Waals surface area (Å²) in [6.07, 6.45) is -2.41. The van der Waals surface area contributed by atoms with E-state index in [0.29, 0.717) is 11.6 Å². The van der Waals surface area contributed by atoms with Crippen molar-refractivity contribution in [1.82, 2.24) is 10.3 Å². The maximum absolute atomic E-state index is 12.2. The molecule has 1 atom stereocenters. The van der Waals surface area contributed by atoms with Crippen LogP contribution in [0.15, 0.2) is 5.38 Å². The van der Waals surface area contributed by atoms with Crippen LogP contribution in [0.4, 0.5) is 8.78 Å². The summed E-state index contributed by atoms with van der Waals surface area (Å²) in [7, 11) is 1.79. The number of aromatic nitrogens is 1. The first kappa shape index (κ1) is 11.0. The quantitative estimate of drug-likeness (QED) is 0.851. The summed E-state index contributed by atoms with van der Waals surface area (Å²) in [6.45, 7) is 0.611. The number of halogens is 3. The minimum absolute atomic E-state index is 0.431. The minimum atomic E-state index is -2.41. The van der Waals surface area contributed by atoms with E-state index >= 15 is 0 Å². The second kappa shape index (κ2) is 4.97. The highest BCUT2D eigenvalue weighted by Crippen LogP contribution is 2.31. The number of alkyl halides is 3. The van der Waals surface area contributed by atoms with Crippen LogP contribution in [0.3, 0.4) is 0 Å². The molecule has 0 aliphatic heterocycles. The van der Waals surface area contributed by atoms with Gasteiger partial charge >= 0.3 is 0 Å². The third kappa shape index (κ3) is 2.96. The van der Waals surface area contributed by atoms with Gasteiger partial charge in [-0.3, -0.25) is 0 Å². The van der Waals surface area contributed by atoms with Crippen molar-refractivity contribution in [2.24, 2.45) is 0 Å². The lowest BCUT2D eigenvalue weighted by atomic mass is 10.4. The first-order chi connectivity index (χ1) is 6.15. The van der Waals surface area contributed by atoms with Crippen LogP contribution in [0.5, 0.6) is 0 Å². The summed E-state index contributed by atoms with van der Waals surface area (Å²) < 4.78 is 24.4. The standard InChI is InChI=1S/C7H9BrF2N2S/c1-11-2-4-3-13-7(12-4)5(8)6(9)10/h3,5-6,11H,2H2,1H3. The number of rotatable bonds is 4. The third-order valence-corrected chi connectivity index (χ3v) is 3.50. The molecule has 0 saturated carbocycles. The SMILES string of the molecule is CNCc1csc(C(Br)C(F)F)n1. The summed E-state index contributed by atoms with van der Waals surface area (Å²) in [5.74, 6) is 0. The van der Waals surface area contributed by atoms with E-state index in [9.17, 15) is 8.78 Å². The fourth-order valence-electron chi connectivity index (χ4n) is 0.819. The molecular formula is C7H9BrF2N2S. The van der Waals surface area contributed by atoms with Gasteiger partial charge in [-0.1, -0.05) is 15.9 Å². The monoisotopic (exact) mass is 270 g/mol. The molecule has 13 heavy (non-hydrogen) atoms. The molecule has 0 aromatic carbocycles. The molecule has 74 valence electrons. The Labute approximate surface area is 87.5 Å². The molecule has 1 N–H and O–H groups in total. The van der Waals surface area contributed by atoms with Gasteiger partial charge in [0, 0.05) is 11.9 Å². The number of nitrogens with zero attached hydrogens (tertiary/aromatic N) is 1.